The molecule has 0 saturated carbocycles. The van der Waals surface area contributed by atoms with Gasteiger partial charge in [-0.15, -0.1) is 0 Å². The SMILES string of the molecule is CCCCCCCCCCCCc1ccc(NCC(=O)[O-])cc1C(C)=O.[Na+]. The predicted octanol–water partition coefficient (Wildman–Crippen LogP) is 1.52. The molecule has 0 atom stereocenters. The molecule has 0 heterocycles. The molecule has 27 heavy (non-hydrogen) atoms. The van der Waals surface area contributed by atoms with E-state index in [1.165, 1.54) is 57.8 Å². The maximum Gasteiger partial charge on any atom is 1.00 e. The van der Waals surface area contributed by atoms with Crippen molar-refractivity contribution in [3.8, 4) is 0 Å². The molecule has 1 N–H and O–H groups in total. The molecular weight excluding hydrogens is 349 g/mol. The normalized spacial score (nSPS) is 10.3. The van der Waals surface area contributed by atoms with Crippen molar-refractivity contribution in [2.24, 2.45) is 0 Å². The van der Waals surface area contributed by atoms with Crippen LogP contribution in [0.1, 0.15) is 94.0 Å². The summed E-state index contributed by atoms with van der Waals surface area (Å²) in [4.78, 5) is 22.4. The van der Waals surface area contributed by atoms with Gasteiger partial charge in [-0.3, -0.25) is 4.79 Å². The van der Waals surface area contributed by atoms with Gasteiger partial charge in [-0.2, -0.15) is 0 Å². The number of carbonyl (C=O) groups is 2. The molecule has 0 saturated heterocycles. The fourth-order valence-corrected chi connectivity index (χ4v) is 3.21. The van der Waals surface area contributed by atoms with Gasteiger partial charge >= 0.3 is 29.6 Å². The number of anilines is 1. The Morgan fingerprint density at radius 2 is 1.48 bits per heavy atom. The molecule has 0 aliphatic rings. The zero-order valence-corrected chi connectivity index (χ0v) is 19.4. The van der Waals surface area contributed by atoms with E-state index in [0.717, 1.165) is 18.4 Å². The van der Waals surface area contributed by atoms with E-state index in [4.69, 9.17) is 0 Å². The van der Waals surface area contributed by atoms with Crippen LogP contribution in [0.15, 0.2) is 18.2 Å². The Labute approximate surface area is 186 Å². The summed E-state index contributed by atoms with van der Waals surface area (Å²) in [6, 6.07) is 5.51. The van der Waals surface area contributed by atoms with E-state index in [0.29, 0.717) is 11.3 Å². The number of aryl methyl sites for hydroxylation is 1. The van der Waals surface area contributed by atoms with Crippen molar-refractivity contribution in [3.63, 3.8) is 0 Å². The number of unbranched alkanes of at least 4 members (excludes halogenated alkanes) is 9. The number of benzene rings is 1. The average Bonchev–Trinajstić information content (AvgIpc) is 2.61. The Bertz CT molecular complexity index is 560. The topological polar surface area (TPSA) is 69.2 Å². The molecule has 0 amide bonds. The molecule has 0 aliphatic heterocycles. The first-order chi connectivity index (χ1) is 12.5. The van der Waals surface area contributed by atoms with Crippen LogP contribution in [-0.2, 0) is 11.2 Å². The Morgan fingerprint density at radius 3 is 2.00 bits per heavy atom. The first-order valence-corrected chi connectivity index (χ1v) is 10.1. The summed E-state index contributed by atoms with van der Waals surface area (Å²) < 4.78 is 0. The predicted molar refractivity (Wildman–Crippen MR) is 105 cm³/mol. The molecule has 0 unspecified atom stereocenters. The minimum absolute atomic E-state index is 0. The summed E-state index contributed by atoms with van der Waals surface area (Å²) in [6.45, 7) is 3.55. The fraction of sp³-hybridized carbons (Fsp3) is 0.636. The van der Waals surface area contributed by atoms with E-state index in [9.17, 15) is 14.7 Å². The van der Waals surface area contributed by atoms with Crippen LogP contribution < -0.4 is 40.0 Å². The van der Waals surface area contributed by atoms with Crippen LogP contribution >= 0.6 is 0 Å². The van der Waals surface area contributed by atoms with Gasteiger partial charge in [0, 0.05) is 11.3 Å². The summed E-state index contributed by atoms with van der Waals surface area (Å²) in [5.74, 6) is -1.15. The van der Waals surface area contributed by atoms with E-state index in [2.05, 4.69) is 12.2 Å². The average molecular weight is 384 g/mol. The minimum Gasteiger partial charge on any atom is -0.548 e. The van der Waals surface area contributed by atoms with Gasteiger partial charge in [-0.05, 0) is 37.5 Å². The zero-order valence-electron chi connectivity index (χ0n) is 17.4. The Balaban J connectivity index is 0.00000676. The van der Waals surface area contributed by atoms with Crippen molar-refractivity contribution in [1.29, 1.82) is 0 Å². The van der Waals surface area contributed by atoms with E-state index in [-0.39, 0.29) is 41.9 Å². The number of Topliss-reactive ketones (excluding diaryl/α,β-unsaturated/α-hetero) is 1. The second kappa shape index (κ2) is 16.1. The molecule has 0 aliphatic carbocycles. The van der Waals surface area contributed by atoms with Crippen LogP contribution in [0.25, 0.3) is 0 Å². The van der Waals surface area contributed by atoms with Crippen LogP contribution in [0.2, 0.25) is 0 Å². The van der Waals surface area contributed by atoms with Crippen molar-refractivity contribution >= 4 is 17.4 Å². The molecular formula is C22H34NNaO3. The summed E-state index contributed by atoms with van der Waals surface area (Å²) in [7, 11) is 0. The molecule has 146 valence electrons. The van der Waals surface area contributed by atoms with Gasteiger partial charge in [-0.1, -0.05) is 70.8 Å². The van der Waals surface area contributed by atoms with Crippen LogP contribution in [0.5, 0.6) is 0 Å². The molecule has 0 fully saturated rings. The largest absolute Gasteiger partial charge is 1.00 e. The maximum atomic E-state index is 11.9. The first kappa shape index (κ1) is 26.2. The molecule has 1 rings (SSSR count). The smallest absolute Gasteiger partial charge is 0.548 e. The van der Waals surface area contributed by atoms with Crippen LogP contribution in [0.4, 0.5) is 5.69 Å². The van der Waals surface area contributed by atoms with Crippen LogP contribution in [-0.4, -0.2) is 18.3 Å². The quantitative estimate of drug-likeness (QED) is 0.283. The van der Waals surface area contributed by atoms with Gasteiger partial charge in [0.25, 0.3) is 0 Å². The van der Waals surface area contributed by atoms with Crippen molar-refractivity contribution in [2.45, 2.75) is 84.5 Å². The van der Waals surface area contributed by atoms with E-state index in [1.54, 1.807) is 13.0 Å². The van der Waals surface area contributed by atoms with Crippen molar-refractivity contribution < 1.29 is 44.3 Å². The Hall–Kier alpha value is -0.840. The number of carboxylic acids is 1. The molecule has 5 heteroatoms. The van der Waals surface area contributed by atoms with Gasteiger partial charge < -0.3 is 15.2 Å². The first-order valence-electron chi connectivity index (χ1n) is 10.1. The second-order valence-corrected chi connectivity index (χ2v) is 7.09. The number of rotatable bonds is 15. The molecule has 0 bridgehead atoms. The van der Waals surface area contributed by atoms with Crippen LogP contribution in [0, 0.1) is 0 Å². The summed E-state index contributed by atoms with van der Waals surface area (Å²) in [5.41, 5.74) is 2.38. The third-order valence-corrected chi connectivity index (χ3v) is 4.73. The monoisotopic (exact) mass is 383 g/mol. The van der Waals surface area contributed by atoms with Crippen molar-refractivity contribution in [2.75, 3.05) is 11.9 Å². The maximum absolute atomic E-state index is 11.9. The number of carbonyl (C=O) groups excluding carboxylic acids is 2. The number of ketones is 1. The number of hydrogen-bond acceptors (Lipinski definition) is 4. The van der Waals surface area contributed by atoms with Crippen LogP contribution in [0.3, 0.4) is 0 Å². The summed E-state index contributed by atoms with van der Waals surface area (Å²) in [6.07, 6.45) is 13.8. The van der Waals surface area contributed by atoms with Gasteiger partial charge in [0.15, 0.2) is 5.78 Å². The number of carboxylic acid groups (broad SMARTS) is 1. The third kappa shape index (κ3) is 12.3. The Kier molecular flexibility index (Phi) is 15.6. The number of nitrogens with one attached hydrogen (secondary N) is 1. The molecule has 1 aromatic carbocycles. The standard InChI is InChI=1S/C22H35NO3.Na/c1-3-4-5-6-7-8-9-10-11-12-13-19-14-15-20(23-17-22(25)26)16-21(19)18(2)24;/h14-16,23H,3-13,17H2,1-2H3,(H,25,26);/q;+1/p-1. The fourth-order valence-electron chi connectivity index (χ4n) is 3.21. The molecule has 1 aromatic rings. The number of hydrogen-bond donors (Lipinski definition) is 1. The summed E-state index contributed by atoms with van der Waals surface area (Å²) >= 11 is 0. The molecule has 0 radical (unpaired) electrons. The van der Waals surface area contributed by atoms with Crippen molar-refractivity contribution in [1.82, 2.24) is 0 Å². The zero-order chi connectivity index (χ0) is 19.2. The van der Waals surface area contributed by atoms with Gasteiger partial charge in [-0.25, -0.2) is 0 Å². The number of aliphatic carboxylic acids is 1. The van der Waals surface area contributed by atoms with Gasteiger partial charge in [0.05, 0.1) is 12.5 Å². The van der Waals surface area contributed by atoms with Crippen molar-refractivity contribution in [3.05, 3.63) is 29.3 Å². The summed E-state index contributed by atoms with van der Waals surface area (Å²) in [5, 5.41) is 13.3. The molecule has 0 aromatic heterocycles. The third-order valence-electron chi connectivity index (χ3n) is 4.73. The van der Waals surface area contributed by atoms with E-state index >= 15 is 0 Å². The Morgan fingerprint density at radius 1 is 0.926 bits per heavy atom. The van der Waals surface area contributed by atoms with E-state index < -0.39 is 5.97 Å². The minimum atomic E-state index is -1.16. The van der Waals surface area contributed by atoms with Gasteiger partial charge in [0.2, 0.25) is 0 Å². The van der Waals surface area contributed by atoms with E-state index in [1.807, 2.05) is 12.1 Å². The molecule has 4 nitrogen and oxygen atoms in total. The molecule has 0 spiro atoms. The second-order valence-electron chi connectivity index (χ2n) is 7.09. The van der Waals surface area contributed by atoms with Gasteiger partial charge in [0.1, 0.15) is 0 Å².